The first-order valence-corrected chi connectivity index (χ1v) is 9.46. The number of halogens is 1. The molecule has 0 aliphatic carbocycles. The number of anilines is 1. The number of carbonyl (C=O) groups excluding carboxylic acids is 1. The van der Waals surface area contributed by atoms with Crippen LogP contribution in [0, 0.1) is 3.70 Å². The number of ether oxygens (including phenoxy) is 1. The summed E-state index contributed by atoms with van der Waals surface area (Å²) in [6.07, 6.45) is 3.43. The number of rotatable bonds is 2. The third-order valence-electron chi connectivity index (χ3n) is 3.45. The van der Waals surface area contributed by atoms with Gasteiger partial charge in [-0.15, -0.1) is 5.10 Å². The predicted molar refractivity (Wildman–Crippen MR) is 98.2 cm³/mol. The van der Waals surface area contributed by atoms with Gasteiger partial charge in [-0.1, -0.05) is 11.3 Å². The molecule has 0 aromatic carbocycles. The maximum Gasteiger partial charge on any atom is 0.407 e. The second kappa shape index (κ2) is 6.42. The van der Waals surface area contributed by atoms with Crippen molar-refractivity contribution in [2.24, 2.45) is 0 Å². The van der Waals surface area contributed by atoms with E-state index in [0.717, 1.165) is 39.7 Å². The molecule has 7 nitrogen and oxygen atoms in total. The molecular formula is C14H20IN5O2S. The van der Waals surface area contributed by atoms with Crippen LogP contribution in [0.3, 0.4) is 0 Å². The van der Waals surface area contributed by atoms with Crippen molar-refractivity contribution in [3.05, 3.63) is 9.90 Å². The van der Waals surface area contributed by atoms with Crippen molar-refractivity contribution in [3.8, 4) is 0 Å². The molecule has 0 spiro atoms. The van der Waals surface area contributed by atoms with E-state index in [1.807, 2.05) is 31.5 Å². The maximum absolute atomic E-state index is 11.9. The summed E-state index contributed by atoms with van der Waals surface area (Å²) < 4.78 is 8.19. The number of aromatic nitrogens is 3. The molecule has 0 saturated carbocycles. The molecule has 1 N–H and O–H groups in total. The van der Waals surface area contributed by atoms with E-state index in [1.54, 1.807) is 11.3 Å². The van der Waals surface area contributed by atoms with Gasteiger partial charge in [-0.05, 0) is 56.2 Å². The number of imidazole rings is 1. The van der Waals surface area contributed by atoms with Crippen LogP contribution >= 0.6 is 33.9 Å². The summed E-state index contributed by atoms with van der Waals surface area (Å²) in [6.45, 7) is 7.29. The fraction of sp³-hybridized carbons (Fsp3) is 0.643. The van der Waals surface area contributed by atoms with Crippen LogP contribution in [-0.4, -0.2) is 45.4 Å². The molecule has 0 radical (unpaired) electrons. The van der Waals surface area contributed by atoms with Crippen LogP contribution in [0.15, 0.2) is 6.20 Å². The number of hydrogen-bond donors (Lipinski definition) is 1. The Labute approximate surface area is 152 Å². The topological polar surface area (TPSA) is 71.8 Å². The minimum absolute atomic E-state index is 0.0777. The van der Waals surface area contributed by atoms with E-state index in [9.17, 15) is 4.79 Å². The highest BCUT2D eigenvalue weighted by Gasteiger charge is 2.26. The Bertz CT molecular complexity index is 708. The van der Waals surface area contributed by atoms with E-state index in [2.05, 4.69) is 42.9 Å². The molecule has 126 valence electrons. The smallest absolute Gasteiger partial charge is 0.407 e. The standard InChI is InChI=1S/C14H20IN5O2S/c1-14(2,3)22-13(21)17-9-5-4-6-19(8-9)12-18-20-10(15)7-16-11(20)23-12/h7,9H,4-6,8H2,1-3H3,(H,17,21). The molecule has 1 atom stereocenters. The zero-order valence-electron chi connectivity index (χ0n) is 13.4. The lowest BCUT2D eigenvalue weighted by Gasteiger charge is -2.33. The molecule has 1 fully saturated rings. The Balaban J connectivity index is 1.64. The molecule has 0 bridgehead atoms. The first-order chi connectivity index (χ1) is 10.8. The van der Waals surface area contributed by atoms with Crippen molar-refractivity contribution in [1.82, 2.24) is 19.9 Å². The van der Waals surface area contributed by atoms with E-state index in [0.29, 0.717) is 0 Å². The largest absolute Gasteiger partial charge is 0.444 e. The van der Waals surface area contributed by atoms with Crippen molar-refractivity contribution >= 4 is 50.1 Å². The summed E-state index contributed by atoms with van der Waals surface area (Å²) in [7, 11) is 0. The molecule has 23 heavy (non-hydrogen) atoms. The van der Waals surface area contributed by atoms with Crippen LogP contribution in [-0.2, 0) is 4.74 Å². The van der Waals surface area contributed by atoms with Crippen molar-refractivity contribution in [2.45, 2.75) is 45.3 Å². The first kappa shape index (κ1) is 16.7. The number of nitrogens with zero attached hydrogens (tertiary/aromatic N) is 4. The number of fused-ring (bicyclic) bond motifs is 1. The highest BCUT2D eigenvalue weighted by molar-refractivity contribution is 14.1. The number of nitrogens with one attached hydrogen (secondary N) is 1. The normalized spacial score (nSPS) is 19.1. The molecule has 9 heteroatoms. The zero-order valence-corrected chi connectivity index (χ0v) is 16.3. The number of piperidine rings is 1. The summed E-state index contributed by atoms with van der Waals surface area (Å²) in [5.74, 6) is 0. The number of carbonyl (C=O) groups is 1. The highest BCUT2D eigenvalue weighted by atomic mass is 127. The molecule has 1 saturated heterocycles. The molecule has 1 amide bonds. The molecule has 1 aliphatic heterocycles. The molecule has 1 unspecified atom stereocenters. The van der Waals surface area contributed by atoms with Crippen LogP contribution in [0.1, 0.15) is 33.6 Å². The van der Waals surface area contributed by atoms with Crippen LogP contribution in [0.4, 0.5) is 9.93 Å². The lowest BCUT2D eigenvalue weighted by atomic mass is 10.1. The molecule has 2 aromatic heterocycles. The number of alkyl carbamates (subject to hydrolysis) is 1. The highest BCUT2D eigenvalue weighted by Crippen LogP contribution is 2.26. The molecule has 3 heterocycles. The minimum Gasteiger partial charge on any atom is -0.444 e. The Morgan fingerprint density at radius 3 is 3.00 bits per heavy atom. The third kappa shape index (κ3) is 4.06. The Hall–Kier alpha value is -1.10. The van der Waals surface area contributed by atoms with Gasteiger partial charge in [0.25, 0.3) is 0 Å². The van der Waals surface area contributed by atoms with Crippen LogP contribution in [0.2, 0.25) is 0 Å². The summed E-state index contributed by atoms with van der Waals surface area (Å²) in [5.41, 5.74) is -0.476. The van der Waals surface area contributed by atoms with Gasteiger partial charge in [0, 0.05) is 19.1 Å². The second-order valence-electron chi connectivity index (χ2n) is 6.59. The SMILES string of the molecule is CC(C)(C)OC(=O)NC1CCCN(c2nn3c(I)cnc3s2)C1. The van der Waals surface area contributed by atoms with Gasteiger partial charge in [0.05, 0.1) is 6.20 Å². The molecule has 1 aliphatic rings. The summed E-state index contributed by atoms with van der Waals surface area (Å²) in [6, 6.07) is 0.0777. The van der Waals surface area contributed by atoms with E-state index in [-0.39, 0.29) is 12.1 Å². The van der Waals surface area contributed by atoms with Crippen molar-refractivity contribution in [1.29, 1.82) is 0 Å². The van der Waals surface area contributed by atoms with Crippen LogP contribution < -0.4 is 10.2 Å². The van der Waals surface area contributed by atoms with Crippen molar-refractivity contribution < 1.29 is 9.53 Å². The first-order valence-electron chi connectivity index (χ1n) is 7.56. The van der Waals surface area contributed by atoms with Gasteiger partial charge >= 0.3 is 6.09 Å². The van der Waals surface area contributed by atoms with Gasteiger partial charge in [0.1, 0.15) is 9.30 Å². The monoisotopic (exact) mass is 449 g/mol. The molecular weight excluding hydrogens is 429 g/mol. The average Bonchev–Trinajstić information content (AvgIpc) is 2.99. The van der Waals surface area contributed by atoms with Crippen molar-refractivity contribution in [3.63, 3.8) is 0 Å². The van der Waals surface area contributed by atoms with Gasteiger partial charge in [-0.2, -0.15) is 4.52 Å². The fourth-order valence-electron chi connectivity index (χ4n) is 2.53. The molecule has 3 rings (SSSR count). The zero-order chi connectivity index (χ0) is 16.6. The van der Waals surface area contributed by atoms with E-state index in [4.69, 9.17) is 4.74 Å². The number of amides is 1. The molecule has 2 aromatic rings. The predicted octanol–water partition coefficient (Wildman–Crippen LogP) is 2.89. The van der Waals surface area contributed by atoms with Gasteiger partial charge in [-0.3, -0.25) is 0 Å². The maximum atomic E-state index is 11.9. The van der Waals surface area contributed by atoms with E-state index >= 15 is 0 Å². The van der Waals surface area contributed by atoms with Gasteiger partial charge in [0.2, 0.25) is 10.1 Å². The van der Waals surface area contributed by atoms with E-state index in [1.165, 1.54) is 0 Å². The summed E-state index contributed by atoms with van der Waals surface area (Å²) in [4.78, 5) is 19.4. The average molecular weight is 449 g/mol. The Morgan fingerprint density at radius 1 is 1.52 bits per heavy atom. The van der Waals surface area contributed by atoms with E-state index < -0.39 is 5.60 Å². The van der Waals surface area contributed by atoms with Crippen LogP contribution in [0.25, 0.3) is 4.96 Å². The Morgan fingerprint density at radius 2 is 2.30 bits per heavy atom. The lowest BCUT2D eigenvalue weighted by Crippen LogP contribution is -2.49. The van der Waals surface area contributed by atoms with Gasteiger partial charge < -0.3 is 15.0 Å². The van der Waals surface area contributed by atoms with Gasteiger partial charge in [0.15, 0.2) is 0 Å². The summed E-state index contributed by atoms with van der Waals surface area (Å²) in [5, 5.41) is 8.53. The quantitative estimate of drug-likeness (QED) is 0.715. The number of hydrogen-bond acceptors (Lipinski definition) is 6. The summed E-state index contributed by atoms with van der Waals surface area (Å²) >= 11 is 3.80. The van der Waals surface area contributed by atoms with Gasteiger partial charge in [-0.25, -0.2) is 9.78 Å². The van der Waals surface area contributed by atoms with Crippen molar-refractivity contribution in [2.75, 3.05) is 18.0 Å². The Kier molecular flexibility index (Phi) is 4.68. The fourth-order valence-corrected chi connectivity index (χ4v) is 4.08. The van der Waals surface area contributed by atoms with Crippen LogP contribution in [0.5, 0.6) is 0 Å². The third-order valence-corrected chi connectivity index (χ3v) is 5.16. The minimum atomic E-state index is -0.476. The lowest BCUT2D eigenvalue weighted by molar-refractivity contribution is 0.0500. The second-order valence-corrected chi connectivity index (χ2v) is 8.63.